The molecule has 0 atom stereocenters. The summed E-state index contributed by atoms with van der Waals surface area (Å²) in [5, 5.41) is 0. The van der Waals surface area contributed by atoms with E-state index in [9.17, 15) is 4.39 Å². The van der Waals surface area contributed by atoms with Gasteiger partial charge in [0.1, 0.15) is 11.6 Å². The number of hydrazine groups is 1. The molecule has 3 N–H and O–H groups in total. The van der Waals surface area contributed by atoms with E-state index in [1.165, 1.54) is 12.1 Å². The Hall–Kier alpha value is -2.01. The van der Waals surface area contributed by atoms with Gasteiger partial charge in [0.15, 0.2) is 5.82 Å². The third kappa shape index (κ3) is 2.57. The van der Waals surface area contributed by atoms with E-state index in [4.69, 9.17) is 5.84 Å². The zero-order valence-corrected chi connectivity index (χ0v) is 9.44. The van der Waals surface area contributed by atoms with Crippen molar-refractivity contribution in [1.82, 2.24) is 9.97 Å². The van der Waals surface area contributed by atoms with E-state index >= 15 is 0 Å². The van der Waals surface area contributed by atoms with Crippen LogP contribution in [-0.4, -0.2) is 9.97 Å². The zero-order valence-electron chi connectivity index (χ0n) is 9.44. The van der Waals surface area contributed by atoms with E-state index in [2.05, 4.69) is 15.4 Å². The number of benzene rings is 1. The number of nitrogen functional groups attached to an aromatic ring is 1. The van der Waals surface area contributed by atoms with Crippen molar-refractivity contribution in [2.24, 2.45) is 5.84 Å². The Balaban J connectivity index is 2.50. The Labute approximate surface area is 98.7 Å². The quantitative estimate of drug-likeness (QED) is 0.628. The summed E-state index contributed by atoms with van der Waals surface area (Å²) in [6, 6.07) is 7.94. The van der Waals surface area contributed by atoms with Gasteiger partial charge < -0.3 is 5.43 Å². The molecule has 0 aliphatic carbocycles. The van der Waals surface area contributed by atoms with Gasteiger partial charge in [0.25, 0.3) is 0 Å². The molecule has 1 aromatic carbocycles. The highest BCUT2D eigenvalue weighted by molar-refractivity contribution is 5.57. The van der Waals surface area contributed by atoms with Crippen molar-refractivity contribution >= 4 is 5.82 Å². The zero-order chi connectivity index (χ0) is 12.3. The van der Waals surface area contributed by atoms with Crippen LogP contribution in [0.15, 0.2) is 30.3 Å². The summed E-state index contributed by atoms with van der Waals surface area (Å²) in [7, 11) is 0. The van der Waals surface area contributed by atoms with Crippen molar-refractivity contribution in [3.8, 4) is 11.4 Å². The first-order valence-electron chi connectivity index (χ1n) is 5.33. The van der Waals surface area contributed by atoms with Crippen LogP contribution in [0.1, 0.15) is 12.6 Å². The van der Waals surface area contributed by atoms with Gasteiger partial charge in [0.05, 0.1) is 0 Å². The Bertz CT molecular complexity index is 505. The highest BCUT2D eigenvalue weighted by atomic mass is 19.1. The molecule has 4 nitrogen and oxygen atoms in total. The van der Waals surface area contributed by atoms with E-state index in [0.717, 1.165) is 12.1 Å². The fourth-order valence-corrected chi connectivity index (χ4v) is 1.51. The van der Waals surface area contributed by atoms with Crippen molar-refractivity contribution in [2.45, 2.75) is 13.3 Å². The molecular formula is C12H13FN4. The van der Waals surface area contributed by atoms with E-state index in [1.807, 2.05) is 6.92 Å². The number of nitrogens with zero attached hydrogens (tertiary/aromatic N) is 2. The third-order valence-electron chi connectivity index (χ3n) is 2.37. The minimum absolute atomic E-state index is 0.310. The fraction of sp³-hybridized carbons (Fsp3) is 0.167. The summed E-state index contributed by atoms with van der Waals surface area (Å²) in [6.07, 6.45) is 0.763. The molecular weight excluding hydrogens is 219 g/mol. The molecule has 2 rings (SSSR count). The molecule has 5 heteroatoms. The normalized spacial score (nSPS) is 10.3. The Kier molecular flexibility index (Phi) is 3.30. The lowest BCUT2D eigenvalue weighted by atomic mass is 10.2. The number of aromatic nitrogens is 2. The van der Waals surface area contributed by atoms with Crippen molar-refractivity contribution < 1.29 is 4.39 Å². The van der Waals surface area contributed by atoms with E-state index < -0.39 is 0 Å². The second kappa shape index (κ2) is 4.88. The van der Waals surface area contributed by atoms with Crippen LogP contribution in [0.25, 0.3) is 11.4 Å². The minimum atomic E-state index is -0.310. The molecule has 0 amide bonds. The lowest BCUT2D eigenvalue weighted by Crippen LogP contribution is -2.10. The first-order chi connectivity index (χ1) is 8.22. The van der Waals surface area contributed by atoms with Crippen LogP contribution < -0.4 is 11.3 Å². The summed E-state index contributed by atoms with van der Waals surface area (Å²) >= 11 is 0. The average Bonchev–Trinajstić information content (AvgIpc) is 2.38. The topological polar surface area (TPSA) is 63.8 Å². The van der Waals surface area contributed by atoms with Gasteiger partial charge >= 0.3 is 0 Å². The highest BCUT2D eigenvalue weighted by Gasteiger charge is 2.06. The van der Waals surface area contributed by atoms with Crippen LogP contribution in [0.4, 0.5) is 10.2 Å². The van der Waals surface area contributed by atoms with Crippen molar-refractivity contribution in [1.29, 1.82) is 0 Å². The molecule has 1 heterocycles. The molecule has 0 spiro atoms. The van der Waals surface area contributed by atoms with Crippen LogP contribution in [0.2, 0.25) is 0 Å². The maximum absolute atomic E-state index is 13.1. The second-order valence-corrected chi connectivity index (χ2v) is 3.58. The first-order valence-corrected chi connectivity index (χ1v) is 5.33. The highest BCUT2D eigenvalue weighted by Crippen LogP contribution is 2.18. The largest absolute Gasteiger partial charge is 0.308 e. The Morgan fingerprint density at radius 3 is 2.76 bits per heavy atom. The summed E-state index contributed by atoms with van der Waals surface area (Å²) in [5.74, 6) is 6.02. The summed E-state index contributed by atoms with van der Waals surface area (Å²) in [4.78, 5) is 8.54. The molecule has 0 saturated carbocycles. The molecule has 0 aliphatic rings. The number of nitrogens with two attached hydrogens (primary N) is 1. The number of rotatable bonds is 3. The SMILES string of the molecule is CCc1cc(NN)nc(-c2cccc(F)c2)n1. The fourth-order valence-electron chi connectivity index (χ4n) is 1.51. The molecule has 2 aromatic rings. The van der Waals surface area contributed by atoms with Gasteiger partial charge in [-0.3, -0.25) is 0 Å². The van der Waals surface area contributed by atoms with Gasteiger partial charge in [-0.1, -0.05) is 19.1 Å². The summed E-state index contributed by atoms with van der Waals surface area (Å²) in [5.41, 5.74) is 3.97. The summed E-state index contributed by atoms with van der Waals surface area (Å²) in [6.45, 7) is 1.98. The number of halogens is 1. The number of nitrogens with one attached hydrogen (secondary N) is 1. The first kappa shape index (κ1) is 11.5. The van der Waals surface area contributed by atoms with Gasteiger partial charge in [-0.05, 0) is 18.6 Å². The van der Waals surface area contributed by atoms with Crippen molar-refractivity contribution in [2.75, 3.05) is 5.43 Å². The van der Waals surface area contributed by atoms with Crippen LogP contribution in [-0.2, 0) is 6.42 Å². The maximum atomic E-state index is 13.1. The smallest absolute Gasteiger partial charge is 0.161 e. The van der Waals surface area contributed by atoms with Crippen LogP contribution >= 0.6 is 0 Å². The number of hydrogen-bond donors (Lipinski definition) is 2. The Morgan fingerprint density at radius 2 is 2.12 bits per heavy atom. The van der Waals surface area contributed by atoms with Crippen molar-refractivity contribution in [3.63, 3.8) is 0 Å². The van der Waals surface area contributed by atoms with E-state index in [-0.39, 0.29) is 5.82 Å². The van der Waals surface area contributed by atoms with Crippen LogP contribution in [0.3, 0.4) is 0 Å². The number of aryl methyl sites for hydroxylation is 1. The van der Waals surface area contributed by atoms with E-state index in [1.54, 1.807) is 18.2 Å². The molecule has 0 radical (unpaired) electrons. The lowest BCUT2D eigenvalue weighted by molar-refractivity contribution is 0.628. The molecule has 88 valence electrons. The standard InChI is InChI=1S/C12H13FN4/c1-2-10-7-11(17-14)16-12(15-10)8-4-3-5-9(13)6-8/h3-7H,2,14H2,1H3,(H,15,16,17). The molecule has 0 aliphatic heterocycles. The van der Waals surface area contributed by atoms with Crippen LogP contribution in [0, 0.1) is 5.82 Å². The molecule has 0 fully saturated rings. The molecule has 0 unspecified atom stereocenters. The predicted octanol–water partition coefficient (Wildman–Crippen LogP) is 2.13. The van der Waals surface area contributed by atoms with Crippen LogP contribution in [0.5, 0.6) is 0 Å². The molecule has 17 heavy (non-hydrogen) atoms. The molecule has 0 saturated heterocycles. The third-order valence-corrected chi connectivity index (χ3v) is 2.37. The minimum Gasteiger partial charge on any atom is -0.308 e. The number of hydrogen-bond acceptors (Lipinski definition) is 4. The van der Waals surface area contributed by atoms with E-state index in [0.29, 0.717) is 17.2 Å². The maximum Gasteiger partial charge on any atom is 0.161 e. The average molecular weight is 232 g/mol. The van der Waals surface area contributed by atoms with Crippen molar-refractivity contribution in [3.05, 3.63) is 41.8 Å². The summed E-state index contributed by atoms with van der Waals surface area (Å²) < 4.78 is 13.1. The predicted molar refractivity (Wildman–Crippen MR) is 64.6 cm³/mol. The van der Waals surface area contributed by atoms with Gasteiger partial charge in [0.2, 0.25) is 0 Å². The molecule has 0 bridgehead atoms. The lowest BCUT2D eigenvalue weighted by Gasteiger charge is -2.06. The second-order valence-electron chi connectivity index (χ2n) is 3.58. The monoisotopic (exact) mass is 232 g/mol. The Morgan fingerprint density at radius 1 is 1.29 bits per heavy atom. The van der Waals surface area contributed by atoms with Gasteiger partial charge in [-0.2, -0.15) is 0 Å². The number of anilines is 1. The van der Waals surface area contributed by atoms with Gasteiger partial charge in [-0.25, -0.2) is 20.2 Å². The van der Waals surface area contributed by atoms with Gasteiger partial charge in [0, 0.05) is 17.3 Å². The molecule has 1 aromatic heterocycles. The van der Waals surface area contributed by atoms with Gasteiger partial charge in [-0.15, -0.1) is 0 Å².